The predicted molar refractivity (Wildman–Crippen MR) is 221 cm³/mol. The zero-order valence-corrected chi connectivity index (χ0v) is 32.3. The van der Waals surface area contributed by atoms with Crippen molar-refractivity contribution >= 4 is 49.3 Å². The third-order valence-corrected chi connectivity index (χ3v) is 11.2. The average Bonchev–Trinajstić information content (AvgIpc) is 3.73. The molecule has 0 bridgehead atoms. The number of hydrogen-bond acceptors (Lipinski definition) is 1. The standard InChI is InChI=1S/C49H27F9N4/c1-26-10-16-39-34(20-26)35-22-29(47(50,51)52)12-17-40(35)61(39)43-8-4-6-33(32-15-11-28(25-59)21-27(32)2)45(43)46-38(60-3)7-5-9-44(46)62-41-18-13-30(48(53,54)55)23-36(41)37-24-31(49(56,57)58)14-19-42(37)62/h4-24H,1-2H3. The van der Waals surface area contributed by atoms with Crippen LogP contribution in [0.1, 0.15) is 33.4 Å². The number of alkyl halides is 9. The zero-order chi connectivity index (χ0) is 44.0. The van der Waals surface area contributed by atoms with Gasteiger partial charge in [0.15, 0.2) is 5.69 Å². The van der Waals surface area contributed by atoms with Gasteiger partial charge in [-0.05, 0) is 122 Å². The Morgan fingerprint density at radius 1 is 0.500 bits per heavy atom. The van der Waals surface area contributed by atoms with Gasteiger partial charge < -0.3 is 9.13 Å². The van der Waals surface area contributed by atoms with Gasteiger partial charge in [-0.1, -0.05) is 42.0 Å². The average molecular weight is 843 g/mol. The number of hydrogen-bond donors (Lipinski definition) is 0. The maximum absolute atomic E-state index is 14.2. The highest BCUT2D eigenvalue weighted by molar-refractivity contribution is 6.13. The molecule has 0 saturated carbocycles. The minimum absolute atomic E-state index is 0.0623. The molecule has 4 nitrogen and oxygen atoms in total. The lowest BCUT2D eigenvalue weighted by Gasteiger charge is -2.23. The lowest BCUT2D eigenvalue weighted by molar-refractivity contribution is -0.138. The summed E-state index contributed by atoms with van der Waals surface area (Å²) >= 11 is 0. The first-order valence-electron chi connectivity index (χ1n) is 18.9. The molecule has 0 aliphatic carbocycles. The summed E-state index contributed by atoms with van der Waals surface area (Å²) in [7, 11) is 0. The molecule has 62 heavy (non-hydrogen) atoms. The van der Waals surface area contributed by atoms with Crippen LogP contribution in [-0.2, 0) is 18.5 Å². The molecule has 0 N–H and O–H groups in total. The van der Waals surface area contributed by atoms with Gasteiger partial charge in [0.2, 0.25) is 0 Å². The molecule has 0 unspecified atom stereocenters. The minimum Gasteiger partial charge on any atom is -0.310 e. The number of aromatic nitrogens is 2. The Bertz CT molecular complexity index is 3350. The van der Waals surface area contributed by atoms with E-state index >= 15 is 0 Å². The summed E-state index contributed by atoms with van der Waals surface area (Å²) in [4.78, 5) is 3.91. The fraction of sp³-hybridized carbons (Fsp3) is 0.102. The Hall–Kier alpha value is -7.51. The first-order chi connectivity index (χ1) is 29.4. The van der Waals surface area contributed by atoms with Gasteiger partial charge in [-0.3, -0.25) is 0 Å². The second-order valence-corrected chi connectivity index (χ2v) is 15.0. The Labute approximate surface area is 346 Å². The van der Waals surface area contributed by atoms with Crippen molar-refractivity contribution in [2.75, 3.05) is 0 Å². The summed E-state index contributed by atoms with van der Waals surface area (Å²) in [5.41, 5.74) is 2.44. The second-order valence-electron chi connectivity index (χ2n) is 15.0. The molecule has 2 heterocycles. The van der Waals surface area contributed by atoms with Crippen molar-refractivity contribution in [1.82, 2.24) is 9.13 Å². The van der Waals surface area contributed by atoms with Crippen LogP contribution in [0.15, 0.2) is 127 Å². The van der Waals surface area contributed by atoms with Crippen molar-refractivity contribution in [2.45, 2.75) is 32.4 Å². The van der Waals surface area contributed by atoms with Gasteiger partial charge >= 0.3 is 18.5 Å². The molecule has 9 rings (SSSR count). The van der Waals surface area contributed by atoms with Crippen LogP contribution in [0.4, 0.5) is 45.2 Å². The largest absolute Gasteiger partial charge is 0.416 e. The SMILES string of the molecule is [C-]#[N+]c1cccc(-n2c3ccc(C(F)(F)F)cc3c3cc(C(F)(F)F)ccc32)c1-c1c(-c2ccc(C#N)cc2C)cccc1-n1c2ccc(C)cc2c2cc(C(F)(F)F)ccc21. The van der Waals surface area contributed by atoms with E-state index < -0.39 is 35.2 Å². The van der Waals surface area contributed by atoms with Crippen LogP contribution in [0, 0.1) is 31.8 Å². The maximum Gasteiger partial charge on any atom is 0.416 e. The molecule has 0 spiro atoms. The maximum atomic E-state index is 14.2. The quantitative estimate of drug-likeness (QED) is 0.128. The van der Waals surface area contributed by atoms with Crippen LogP contribution >= 0.6 is 0 Å². The molecule has 0 radical (unpaired) electrons. The van der Waals surface area contributed by atoms with Crippen LogP contribution in [0.3, 0.4) is 0 Å². The molecule has 2 aromatic heterocycles. The van der Waals surface area contributed by atoms with E-state index in [1.54, 1.807) is 78.2 Å². The van der Waals surface area contributed by atoms with Gasteiger partial charge in [0.1, 0.15) is 0 Å². The van der Waals surface area contributed by atoms with Gasteiger partial charge in [0.25, 0.3) is 0 Å². The van der Waals surface area contributed by atoms with E-state index in [9.17, 15) is 44.8 Å². The highest BCUT2D eigenvalue weighted by atomic mass is 19.4. The molecule has 0 fully saturated rings. The van der Waals surface area contributed by atoms with E-state index in [2.05, 4.69) is 10.9 Å². The Balaban J connectivity index is 1.47. The Morgan fingerprint density at radius 2 is 0.952 bits per heavy atom. The molecule has 0 saturated heterocycles. The smallest absolute Gasteiger partial charge is 0.310 e. The number of nitriles is 1. The molecule has 0 amide bonds. The van der Waals surface area contributed by atoms with Crippen molar-refractivity contribution in [2.24, 2.45) is 0 Å². The summed E-state index contributed by atoms with van der Waals surface area (Å²) in [6.45, 7) is 12.1. The zero-order valence-electron chi connectivity index (χ0n) is 32.3. The first kappa shape index (κ1) is 39.9. The van der Waals surface area contributed by atoms with Crippen LogP contribution in [0.2, 0.25) is 0 Å². The summed E-state index contributed by atoms with van der Waals surface area (Å²) in [6.07, 6.45) is -14.3. The number of aryl methyl sites for hydroxylation is 2. The molecule has 0 aliphatic rings. The van der Waals surface area contributed by atoms with Gasteiger partial charge in [-0.25, -0.2) is 4.85 Å². The first-order valence-corrected chi connectivity index (χ1v) is 18.9. The number of fused-ring (bicyclic) bond motifs is 6. The van der Waals surface area contributed by atoms with Gasteiger partial charge in [0.05, 0.1) is 62.6 Å². The number of benzene rings is 7. The lowest BCUT2D eigenvalue weighted by atomic mass is 9.88. The molecule has 0 atom stereocenters. The fourth-order valence-corrected chi connectivity index (χ4v) is 8.52. The van der Waals surface area contributed by atoms with Crippen molar-refractivity contribution < 1.29 is 39.5 Å². The van der Waals surface area contributed by atoms with Gasteiger partial charge in [-0.15, -0.1) is 0 Å². The molecule has 9 aromatic rings. The lowest BCUT2D eigenvalue weighted by Crippen LogP contribution is -2.06. The van der Waals surface area contributed by atoms with E-state index in [4.69, 9.17) is 6.57 Å². The number of nitrogens with zero attached hydrogens (tertiary/aromatic N) is 4. The normalized spacial score (nSPS) is 12.4. The molecule has 13 heteroatoms. The topological polar surface area (TPSA) is 38.0 Å². The number of rotatable bonds is 4. The molecular formula is C49H27F9N4. The summed E-state index contributed by atoms with van der Waals surface area (Å²) in [5, 5.41) is 10.3. The highest BCUT2D eigenvalue weighted by Crippen LogP contribution is 2.50. The van der Waals surface area contributed by atoms with E-state index in [1.165, 1.54) is 22.8 Å². The number of halogens is 9. The summed E-state index contributed by atoms with van der Waals surface area (Å²) < 4.78 is 131. The summed E-state index contributed by atoms with van der Waals surface area (Å²) in [6, 6.07) is 31.7. The van der Waals surface area contributed by atoms with Crippen molar-refractivity contribution in [1.29, 1.82) is 5.26 Å². The van der Waals surface area contributed by atoms with E-state index in [1.807, 2.05) is 13.0 Å². The van der Waals surface area contributed by atoms with E-state index in [0.29, 0.717) is 55.3 Å². The molecular weight excluding hydrogens is 816 g/mol. The monoisotopic (exact) mass is 842 g/mol. The molecule has 306 valence electrons. The fourth-order valence-electron chi connectivity index (χ4n) is 8.52. The highest BCUT2D eigenvalue weighted by Gasteiger charge is 2.35. The van der Waals surface area contributed by atoms with Crippen LogP contribution in [-0.4, -0.2) is 9.13 Å². The molecule has 7 aromatic carbocycles. The van der Waals surface area contributed by atoms with Crippen LogP contribution < -0.4 is 0 Å². The Kier molecular flexibility index (Phi) is 9.03. The predicted octanol–water partition coefficient (Wildman–Crippen LogP) is 15.3. The molecule has 0 aliphatic heterocycles. The van der Waals surface area contributed by atoms with Crippen LogP contribution in [0.5, 0.6) is 0 Å². The van der Waals surface area contributed by atoms with Crippen molar-refractivity contribution in [3.63, 3.8) is 0 Å². The van der Waals surface area contributed by atoms with Crippen molar-refractivity contribution in [3.8, 4) is 39.7 Å². The van der Waals surface area contributed by atoms with Crippen molar-refractivity contribution in [3.05, 3.63) is 172 Å². The van der Waals surface area contributed by atoms with E-state index in [0.717, 1.165) is 42.0 Å². The van der Waals surface area contributed by atoms with E-state index in [-0.39, 0.29) is 38.7 Å². The third-order valence-electron chi connectivity index (χ3n) is 11.2. The third kappa shape index (κ3) is 6.40. The van der Waals surface area contributed by atoms with Crippen LogP contribution in [0.25, 0.3) is 82.1 Å². The van der Waals surface area contributed by atoms with Gasteiger partial charge in [0, 0.05) is 38.4 Å². The van der Waals surface area contributed by atoms with Gasteiger partial charge in [-0.2, -0.15) is 44.8 Å². The Morgan fingerprint density at radius 3 is 1.40 bits per heavy atom. The summed E-state index contributed by atoms with van der Waals surface area (Å²) in [5.74, 6) is 0. The minimum atomic E-state index is -4.83. The second kappa shape index (κ2) is 14.0.